The molecule has 1 aromatic rings. The smallest absolute Gasteiger partial charge is 0.410 e. The number of hydrogen-bond acceptors (Lipinski definition) is 6. The minimum atomic E-state index is -0.933. The van der Waals surface area contributed by atoms with Crippen LogP contribution in [-0.4, -0.2) is 31.2 Å². The highest BCUT2D eigenvalue weighted by molar-refractivity contribution is 5.72. The first-order valence-corrected chi connectivity index (χ1v) is 7.91. The highest BCUT2D eigenvalue weighted by atomic mass is 16.7. The average Bonchev–Trinajstić information content (AvgIpc) is 2.93. The average molecular weight is 337 g/mol. The number of carbonyl (C=O) groups is 2. The minimum Gasteiger partial charge on any atom is -0.454 e. The normalized spacial score (nSPS) is 14.9. The van der Waals surface area contributed by atoms with Crippen LogP contribution in [0, 0.1) is 5.92 Å². The van der Waals surface area contributed by atoms with Crippen molar-refractivity contribution < 1.29 is 28.5 Å². The van der Waals surface area contributed by atoms with Gasteiger partial charge in [-0.25, -0.2) is 4.79 Å². The molecule has 0 saturated carbocycles. The molecule has 0 aliphatic carbocycles. The zero-order chi connectivity index (χ0) is 17.7. The van der Waals surface area contributed by atoms with Gasteiger partial charge in [0.25, 0.3) is 0 Å². The molecule has 0 aromatic heterocycles. The van der Waals surface area contributed by atoms with Crippen LogP contribution in [0.25, 0.3) is 0 Å². The number of esters is 1. The fraction of sp³-hybridized carbons (Fsp3) is 0.529. The quantitative estimate of drug-likeness (QED) is 0.635. The summed E-state index contributed by atoms with van der Waals surface area (Å²) < 4.78 is 20.6. The standard InChI is InChI=1S/C17H23NO6/c1-10(2)16(19)23-12(4)24-17(20)18-11(3)7-13-5-6-14-15(8-13)22-9-21-14/h5-6,8,10-12H,7,9H2,1-4H3,(H,18,20)/t11-,12?/m0/s1. The van der Waals surface area contributed by atoms with E-state index in [1.54, 1.807) is 13.8 Å². The Balaban J connectivity index is 1.78. The van der Waals surface area contributed by atoms with Gasteiger partial charge in [-0.3, -0.25) is 4.79 Å². The summed E-state index contributed by atoms with van der Waals surface area (Å²) in [5, 5.41) is 2.70. The first-order valence-electron chi connectivity index (χ1n) is 7.91. The van der Waals surface area contributed by atoms with E-state index in [1.807, 2.05) is 25.1 Å². The van der Waals surface area contributed by atoms with Crippen molar-refractivity contribution in [1.29, 1.82) is 0 Å². The molecule has 0 fully saturated rings. The molecule has 1 aliphatic rings. The summed E-state index contributed by atoms with van der Waals surface area (Å²) in [6.07, 6.45) is -0.962. The van der Waals surface area contributed by atoms with Gasteiger partial charge in [-0.2, -0.15) is 0 Å². The number of carbonyl (C=O) groups excluding carboxylic acids is 2. The predicted octanol–water partition coefficient (Wildman–Crippen LogP) is 2.62. The van der Waals surface area contributed by atoms with Crippen molar-refractivity contribution in [3.63, 3.8) is 0 Å². The predicted molar refractivity (Wildman–Crippen MR) is 85.7 cm³/mol. The molecule has 1 N–H and O–H groups in total. The molecular weight excluding hydrogens is 314 g/mol. The number of fused-ring (bicyclic) bond motifs is 1. The molecule has 2 rings (SSSR count). The lowest BCUT2D eigenvalue weighted by molar-refractivity contribution is -0.168. The maximum absolute atomic E-state index is 11.8. The summed E-state index contributed by atoms with van der Waals surface area (Å²) in [4.78, 5) is 23.3. The van der Waals surface area contributed by atoms with E-state index in [0.717, 1.165) is 11.3 Å². The molecule has 1 aliphatic heterocycles. The van der Waals surface area contributed by atoms with Crippen molar-refractivity contribution in [3.8, 4) is 11.5 Å². The monoisotopic (exact) mass is 337 g/mol. The third-order valence-electron chi connectivity index (χ3n) is 3.37. The van der Waals surface area contributed by atoms with Gasteiger partial charge in [0.2, 0.25) is 13.1 Å². The van der Waals surface area contributed by atoms with Crippen LogP contribution in [0.2, 0.25) is 0 Å². The highest BCUT2D eigenvalue weighted by Gasteiger charge is 2.18. The summed E-state index contributed by atoms with van der Waals surface area (Å²) in [7, 11) is 0. The van der Waals surface area contributed by atoms with Gasteiger partial charge in [0, 0.05) is 13.0 Å². The van der Waals surface area contributed by atoms with E-state index in [0.29, 0.717) is 12.2 Å². The Bertz CT molecular complexity index is 601. The Morgan fingerprint density at radius 2 is 1.83 bits per heavy atom. The van der Waals surface area contributed by atoms with Gasteiger partial charge in [-0.05, 0) is 31.0 Å². The van der Waals surface area contributed by atoms with Gasteiger partial charge in [0.05, 0.1) is 5.92 Å². The molecule has 1 unspecified atom stereocenters. The maximum atomic E-state index is 11.8. The third-order valence-corrected chi connectivity index (χ3v) is 3.37. The van der Waals surface area contributed by atoms with Crippen LogP contribution in [0.15, 0.2) is 18.2 Å². The molecule has 1 aromatic carbocycles. The number of nitrogens with one attached hydrogen (secondary N) is 1. The second-order valence-corrected chi connectivity index (χ2v) is 6.00. The maximum Gasteiger partial charge on any atom is 0.410 e. The molecule has 7 nitrogen and oxygen atoms in total. The molecule has 0 bridgehead atoms. The topological polar surface area (TPSA) is 83.1 Å². The fourth-order valence-electron chi connectivity index (χ4n) is 2.18. The van der Waals surface area contributed by atoms with Crippen molar-refractivity contribution >= 4 is 12.1 Å². The van der Waals surface area contributed by atoms with Crippen molar-refractivity contribution in [2.75, 3.05) is 6.79 Å². The number of benzene rings is 1. The van der Waals surface area contributed by atoms with E-state index in [-0.39, 0.29) is 18.8 Å². The van der Waals surface area contributed by atoms with E-state index in [1.165, 1.54) is 6.92 Å². The molecule has 2 atom stereocenters. The zero-order valence-corrected chi connectivity index (χ0v) is 14.3. The van der Waals surface area contributed by atoms with Crippen LogP contribution in [0.3, 0.4) is 0 Å². The van der Waals surface area contributed by atoms with Gasteiger partial charge in [-0.15, -0.1) is 0 Å². The number of alkyl carbamates (subject to hydrolysis) is 1. The SMILES string of the molecule is CC(OC(=O)N[C@@H](C)Cc1ccc2c(c1)OCO2)OC(=O)C(C)C. The second-order valence-electron chi connectivity index (χ2n) is 6.00. The van der Waals surface area contributed by atoms with Gasteiger partial charge >= 0.3 is 12.1 Å². The van der Waals surface area contributed by atoms with Crippen molar-refractivity contribution in [2.45, 2.75) is 46.4 Å². The van der Waals surface area contributed by atoms with E-state index in [9.17, 15) is 9.59 Å². The highest BCUT2D eigenvalue weighted by Crippen LogP contribution is 2.32. The zero-order valence-electron chi connectivity index (χ0n) is 14.3. The summed E-state index contributed by atoms with van der Waals surface area (Å²) in [6, 6.07) is 5.49. The van der Waals surface area contributed by atoms with E-state index >= 15 is 0 Å². The molecule has 0 radical (unpaired) electrons. The first-order chi connectivity index (χ1) is 11.3. The first kappa shape index (κ1) is 17.9. The number of ether oxygens (including phenoxy) is 4. The fourth-order valence-corrected chi connectivity index (χ4v) is 2.18. The largest absolute Gasteiger partial charge is 0.454 e. The summed E-state index contributed by atoms with van der Waals surface area (Å²) in [5.41, 5.74) is 1.01. The lowest BCUT2D eigenvalue weighted by atomic mass is 10.1. The lowest BCUT2D eigenvalue weighted by Gasteiger charge is -2.18. The minimum absolute atomic E-state index is 0.161. The van der Waals surface area contributed by atoms with Crippen molar-refractivity contribution in [3.05, 3.63) is 23.8 Å². The number of hydrogen-bond donors (Lipinski definition) is 1. The van der Waals surface area contributed by atoms with Gasteiger partial charge < -0.3 is 24.3 Å². The van der Waals surface area contributed by atoms with Crippen LogP contribution in [-0.2, 0) is 20.7 Å². The lowest BCUT2D eigenvalue weighted by Crippen LogP contribution is -2.37. The van der Waals surface area contributed by atoms with Gasteiger partial charge in [0.1, 0.15) is 0 Å². The molecule has 0 spiro atoms. The van der Waals surface area contributed by atoms with Crippen LogP contribution in [0.1, 0.15) is 33.3 Å². The van der Waals surface area contributed by atoms with Crippen LogP contribution < -0.4 is 14.8 Å². The van der Waals surface area contributed by atoms with E-state index in [4.69, 9.17) is 18.9 Å². The third kappa shape index (κ3) is 5.04. The molecule has 0 saturated heterocycles. The Morgan fingerprint density at radius 3 is 2.54 bits per heavy atom. The van der Waals surface area contributed by atoms with Crippen LogP contribution in [0.4, 0.5) is 4.79 Å². The molecule has 1 amide bonds. The second kappa shape index (κ2) is 7.90. The summed E-state index contributed by atoms with van der Waals surface area (Å²) >= 11 is 0. The number of amides is 1. The summed E-state index contributed by atoms with van der Waals surface area (Å²) in [5.74, 6) is 0.740. The van der Waals surface area contributed by atoms with Gasteiger partial charge in [0.15, 0.2) is 11.5 Å². The van der Waals surface area contributed by atoms with Crippen molar-refractivity contribution in [1.82, 2.24) is 5.32 Å². The molecule has 1 heterocycles. The van der Waals surface area contributed by atoms with Gasteiger partial charge in [-0.1, -0.05) is 19.9 Å². The molecular formula is C17H23NO6. The molecule has 24 heavy (non-hydrogen) atoms. The van der Waals surface area contributed by atoms with E-state index in [2.05, 4.69) is 5.32 Å². The Hall–Kier alpha value is -2.44. The Morgan fingerprint density at radius 1 is 1.12 bits per heavy atom. The Labute approximate surface area is 141 Å². The van der Waals surface area contributed by atoms with E-state index < -0.39 is 18.4 Å². The Kier molecular flexibility index (Phi) is 5.89. The van der Waals surface area contributed by atoms with Crippen molar-refractivity contribution in [2.24, 2.45) is 5.92 Å². The van der Waals surface area contributed by atoms with Crippen LogP contribution >= 0.6 is 0 Å². The summed E-state index contributed by atoms with van der Waals surface area (Å²) in [6.45, 7) is 7.01. The van der Waals surface area contributed by atoms with Crippen LogP contribution in [0.5, 0.6) is 11.5 Å². The number of rotatable bonds is 6. The molecule has 132 valence electrons. The molecule has 7 heteroatoms.